The Kier molecular flexibility index (Phi) is 10.2. The lowest BCUT2D eigenvalue weighted by molar-refractivity contribution is 0.287. The van der Waals surface area contributed by atoms with Crippen LogP contribution in [0.15, 0.2) is 0 Å². The van der Waals surface area contributed by atoms with E-state index in [0.29, 0.717) is 6.61 Å². The predicted molar refractivity (Wildman–Crippen MR) is 48.3 cm³/mol. The molecule has 0 aromatic carbocycles. The molecule has 0 bridgehead atoms. The number of aliphatic hydroxyl groups is 2. The fraction of sp³-hybridized carbons (Fsp3) is 1.00. The standard InChI is InChI=1S/C6H14O2S2/c7-3-1-2-5-9-10-6-4-8/h7-8H,1-6H2. The zero-order valence-corrected chi connectivity index (χ0v) is 7.59. The van der Waals surface area contributed by atoms with E-state index in [4.69, 9.17) is 10.2 Å². The summed E-state index contributed by atoms with van der Waals surface area (Å²) in [4.78, 5) is 0. The van der Waals surface area contributed by atoms with Gasteiger partial charge in [-0.15, -0.1) is 0 Å². The van der Waals surface area contributed by atoms with E-state index in [1.165, 1.54) is 0 Å². The summed E-state index contributed by atoms with van der Waals surface area (Å²) < 4.78 is 0. The fourth-order valence-electron chi connectivity index (χ4n) is 0.428. The van der Waals surface area contributed by atoms with Crippen LogP contribution in [0.2, 0.25) is 0 Å². The molecule has 0 saturated carbocycles. The van der Waals surface area contributed by atoms with E-state index in [1.807, 2.05) is 0 Å². The molecule has 0 radical (unpaired) electrons. The van der Waals surface area contributed by atoms with Crippen molar-refractivity contribution < 1.29 is 10.2 Å². The Morgan fingerprint density at radius 1 is 0.800 bits per heavy atom. The van der Waals surface area contributed by atoms with E-state index in [1.54, 1.807) is 21.6 Å². The number of unbranched alkanes of at least 4 members (excludes halogenated alkanes) is 1. The van der Waals surface area contributed by atoms with Gasteiger partial charge in [0.05, 0.1) is 6.61 Å². The molecular formula is C6H14O2S2. The Hall–Kier alpha value is 0.620. The van der Waals surface area contributed by atoms with E-state index < -0.39 is 0 Å². The van der Waals surface area contributed by atoms with E-state index in [0.717, 1.165) is 24.3 Å². The SMILES string of the molecule is OCCCCSSCCO. The van der Waals surface area contributed by atoms with Gasteiger partial charge in [-0.3, -0.25) is 0 Å². The van der Waals surface area contributed by atoms with Gasteiger partial charge in [-0.05, 0) is 12.8 Å². The highest BCUT2D eigenvalue weighted by Gasteiger charge is 1.88. The second kappa shape index (κ2) is 9.62. The Morgan fingerprint density at radius 3 is 2.10 bits per heavy atom. The minimum absolute atomic E-state index is 0.262. The van der Waals surface area contributed by atoms with Crippen molar-refractivity contribution in [3.63, 3.8) is 0 Å². The van der Waals surface area contributed by atoms with Gasteiger partial charge in [-0.1, -0.05) is 21.6 Å². The van der Waals surface area contributed by atoms with Crippen molar-refractivity contribution in [3.8, 4) is 0 Å². The summed E-state index contributed by atoms with van der Waals surface area (Å²) in [6.07, 6.45) is 1.96. The Labute approximate surface area is 69.8 Å². The second-order valence-corrected chi connectivity index (χ2v) is 4.50. The van der Waals surface area contributed by atoms with Crippen molar-refractivity contribution in [3.05, 3.63) is 0 Å². The minimum atomic E-state index is 0.262. The molecule has 0 unspecified atom stereocenters. The molecule has 0 rings (SSSR count). The molecule has 0 heterocycles. The average Bonchev–Trinajstić information content (AvgIpc) is 1.97. The van der Waals surface area contributed by atoms with Crippen molar-refractivity contribution in [2.75, 3.05) is 24.7 Å². The lowest BCUT2D eigenvalue weighted by Gasteiger charge is -1.96. The first kappa shape index (κ1) is 10.6. The molecular weight excluding hydrogens is 168 g/mol. The van der Waals surface area contributed by atoms with Crippen molar-refractivity contribution in [1.29, 1.82) is 0 Å². The van der Waals surface area contributed by atoms with Gasteiger partial charge in [0.2, 0.25) is 0 Å². The largest absolute Gasteiger partial charge is 0.396 e. The molecule has 4 heteroatoms. The molecule has 62 valence electrons. The smallest absolute Gasteiger partial charge is 0.0530 e. The monoisotopic (exact) mass is 182 g/mol. The van der Waals surface area contributed by atoms with E-state index in [-0.39, 0.29) is 6.61 Å². The molecule has 0 aliphatic rings. The van der Waals surface area contributed by atoms with Crippen LogP contribution < -0.4 is 0 Å². The molecule has 0 aliphatic heterocycles. The average molecular weight is 182 g/mol. The van der Waals surface area contributed by atoms with E-state index in [9.17, 15) is 0 Å². The summed E-state index contributed by atoms with van der Waals surface area (Å²) in [5.41, 5.74) is 0. The van der Waals surface area contributed by atoms with Crippen LogP contribution in [0.1, 0.15) is 12.8 Å². The maximum absolute atomic E-state index is 8.41. The van der Waals surface area contributed by atoms with Crippen LogP contribution in [0.5, 0.6) is 0 Å². The molecule has 0 aromatic heterocycles. The van der Waals surface area contributed by atoms with Crippen molar-refractivity contribution >= 4 is 21.6 Å². The molecule has 0 saturated heterocycles. The van der Waals surface area contributed by atoms with Crippen LogP contribution in [0.25, 0.3) is 0 Å². The molecule has 0 fully saturated rings. The van der Waals surface area contributed by atoms with Crippen LogP contribution >= 0.6 is 21.6 Å². The van der Waals surface area contributed by atoms with Gasteiger partial charge in [0, 0.05) is 18.1 Å². The van der Waals surface area contributed by atoms with Crippen LogP contribution in [0.4, 0.5) is 0 Å². The maximum Gasteiger partial charge on any atom is 0.0530 e. The Balaban J connectivity index is 2.65. The van der Waals surface area contributed by atoms with E-state index in [2.05, 4.69) is 0 Å². The third kappa shape index (κ3) is 8.62. The van der Waals surface area contributed by atoms with Crippen LogP contribution in [-0.4, -0.2) is 34.9 Å². The van der Waals surface area contributed by atoms with Gasteiger partial charge in [-0.25, -0.2) is 0 Å². The normalized spacial score (nSPS) is 10.2. The van der Waals surface area contributed by atoms with Crippen LogP contribution in [0.3, 0.4) is 0 Å². The van der Waals surface area contributed by atoms with Crippen molar-refractivity contribution in [1.82, 2.24) is 0 Å². The lowest BCUT2D eigenvalue weighted by Crippen LogP contribution is -1.85. The third-order valence-electron chi connectivity index (χ3n) is 0.894. The topological polar surface area (TPSA) is 40.5 Å². The number of rotatable bonds is 7. The molecule has 2 N–H and O–H groups in total. The van der Waals surface area contributed by atoms with Crippen molar-refractivity contribution in [2.45, 2.75) is 12.8 Å². The first-order valence-corrected chi connectivity index (χ1v) is 5.86. The first-order valence-electron chi connectivity index (χ1n) is 3.38. The fourth-order valence-corrected chi connectivity index (χ4v) is 2.34. The van der Waals surface area contributed by atoms with Gasteiger partial charge in [0.25, 0.3) is 0 Å². The molecule has 0 spiro atoms. The lowest BCUT2D eigenvalue weighted by atomic mass is 10.4. The van der Waals surface area contributed by atoms with E-state index >= 15 is 0 Å². The molecule has 0 amide bonds. The highest BCUT2D eigenvalue weighted by atomic mass is 33.1. The summed E-state index contributed by atoms with van der Waals surface area (Å²) in [5, 5.41) is 16.8. The molecule has 0 aliphatic carbocycles. The molecule has 0 atom stereocenters. The maximum atomic E-state index is 8.41. The zero-order valence-electron chi connectivity index (χ0n) is 5.95. The van der Waals surface area contributed by atoms with Gasteiger partial charge in [-0.2, -0.15) is 0 Å². The van der Waals surface area contributed by atoms with Gasteiger partial charge in [0.1, 0.15) is 0 Å². The number of hydrogen-bond donors (Lipinski definition) is 2. The van der Waals surface area contributed by atoms with Gasteiger partial charge < -0.3 is 10.2 Å². The highest BCUT2D eigenvalue weighted by molar-refractivity contribution is 8.76. The van der Waals surface area contributed by atoms with Gasteiger partial charge >= 0.3 is 0 Å². The summed E-state index contributed by atoms with van der Waals surface area (Å²) in [6, 6.07) is 0. The summed E-state index contributed by atoms with van der Waals surface area (Å²) >= 11 is 0. The van der Waals surface area contributed by atoms with Gasteiger partial charge in [0.15, 0.2) is 0 Å². The number of hydrogen-bond acceptors (Lipinski definition) is 4. The molecule has 2 nitrogen and oxygen atoms in total. The summed E-state index contributed by atoms with van der Waals surface area (Å²) in [7, 11) is 3.45. The number of aliphatic hydroxyl groups excluding tert-OH is 2. The quantitative estimate of drug-likeness (QED) is 0.457. The zero-order chi connectivity index (χ0) is 7.66. The first-order chi connectivity index (χ1) is 4.91. The van der Waals surface area contributed by atoms with Crippen LogP contribution in [-0.2, 0) is 0 Å². The van der Waals surface area contributed by atoms with Crippen molar-refractivity contribution in [2.24, 2.45) is 0 Å². The minimum Gasteiger partial charge on any atom is -0.396 e. The molecule has 0 aromatic rings. The second-order valence-electron chi connectivity index (χ2n) is 1.80. The van der Waals surface area contributed by atoms with Crippen LogP contribution in [0, 0.1) is 0 Å². The summed E-state index contributed by atoms with van der Waals surface area (Å²) in [6.45, 7) is 0.558. The summed E-state index contributed by atoms with van der Waals surface area (Å²) in [5.74, 6) is 1.88. The Bertz CT molecular complexity index is 53.7. The highest BCUT2D eigenvalue weighted by Crippen LogP contribution is 2.21. The predicted octanol–water partition coefficient (Wildman–Crippen LogP) is 1.13. The third-order valence-corrected chi connectivity index (χ3v) is 3.36. The molecule has 10 heavy (non-hydrogen) atoms. The Morgan fingerprint density at radius 2 is 1.50 bits per heavy atom.